The first-order valence-electron chi connectivity index (χ1n) is 8.68. The van der Waals surface area contributed by atoms with Crippen molar-refractivity contribution >= 4 is 22.3 Å². The van der Waals surface area contributed by atoms with Crippen molar-refractivity contribution in [3.05, 3.63) is 33.6 Å². The van der Waals surface area contributed by atoms with Crippen LogP contribution in [0.3, 0.4) is 0 Å². The van der Waals surface area contributed by atoms with Crippen molar-refractivity contribution in [2.45, 2.75) is 31.8 Å². The maximum atomic E-state index is 11.6. The van der Waals surface area contributed by atoms with E-state index in [1.165, 1.54) is 22.4 Å². The van der Waals surface area contributed by atoms with E-state index in [1.54, 1.807) is 24.5 Å². The van der Waals surface area contributed by atoms with E-state index in [1.807, 2.05) is 31.3 Å². The van der Waals surface area contributed by atoms with Gasteiger partial charge >= 0.3 is 0 Å². The third-order valence-electron chi connectivity index (χ3n) is 4.47. The van der Waals surface area contributed by atoms with Crippen LogP contribution in [-0.2, 0) is 13.6 Å². The number of nitrogens with one attached hydrogen (secondary N) is 1. The molecule has 0 saturated carbocycles. The molecule has 0 radical (unpaired) electrons. The van der Waals surface area contributed by atoms with E-state index in [2.05, 4.69) is 20.3 Å². The molecule has 0 aromatic carbocycles. The minimum Gasteiger partial charge on any atom is -0.354 e. The Morgan fingerprint density at radius 1 is 1.36 bits per heavy atom. The van der Waals surface area contributed by atoms with Gasteiger partial charge in [-0.2, -0.15) is 5.10 Å². The second kappa shape index (κ2) is 7.97. The topological polar surface area (TPSA) is 66.3 Å². The highest BCUT2D eigenvalue weighted by molar-refractivity contribution is 7.15. The highest BCUT2D eigenvalue weighted by atomic mass is 32.1. The molecule has 0 amide bonds. The van der Waals surface area contributed by atoms with Gasteiger partial charge in [0.15, 0.2) is 5.13 Å². The van der Waals surface area contributed by atoms with Crippen molar-refractivity contribution in [2.24, 2.45) is 7.05 Å². The lowest BCUT2D eigenvalue weighted by atomic mass is 10.0. The fourth-order valence-corrected chi connectivity index (χ4v) is 3.91. The van der Waals surface area contributed by atoms with Crippen LogP contribution in [0.1, 0.15) is 24.1 Å². The lowest BCUT2D eigenvalue weighted by molar-refractivity contribution is 0.429. The van der Waals surface area contributed by atoms with Crippen molar-refractivity contribution in [3.8, 4) is 0 Å². The molecule has 8 heteroatoms. The van der Waals surface area contributed by atoms with Gasteiger partial charge in [0.25, 0.3) is 5.56 Å². The van der Waals surface area contributed by atoms with E-state index in [4.69, 9.17) is 0 Å². The lowest BCUT2D eigenvalue weighted by Gasteiger charge is -2.36. The van der Waals surface area contributed by atoms with Crippen LogP contribution in [-0.4, -0.2) is 48.0 Å². The van der Waals surface area contributed by atoms with Crippen LogP contribution in [0.25, 0.3) is 0 Å². The van der Waals surface area contributed by atoms with E-state index in [0.717, 1.165) is 37.0 Å². The zero-order valence-corrected chi connectivity index (χ0v) is 15.9. The highest BCUT2D eigenvalue weighted by Gasteiger charge is 2.23. The zero-order valence-electron chi connectivity index (χ0n) is 15.1. The molecule has 0 aliphatic carbocycles. The lowest BCUT2D eigenvalue weighted by Crippen LogP contribution is -2.46. The number of aromatic nitrogens is 3. The summed E-state index contributed by atoms with van der Waals surface area (Å²) in [4.78, 5) is 21.6. The maximum absolute atomic E-state index is 11.6. The summed E-state index contributed by atoms with van der Waals surface area (Å²) in [7, 11) is 5.72. The molecule has 3 heterocycles. The molecule has 7 nitrogen and oxygen atoms in total. The van der Waals surface area contributed by atoms with Crippen LogP contribution in [0.15, 0.2) is 23.1 Å². The fraction of sp³-hybridized carbons (Fsp3) is 0.588. The predicted octanol–water partition coefficient (Wildman–Crippen LogP) is 1.45. The highest BCUT2D eigenvalue weighted by Crippen LogP contribution is 2.23. The largest absolute Gasteiger partial charge is 0.354 e. The summed E-state index contributed by atoms with van der Waals surface area (Å²) in [5, 5.41) is 9.02. The summed E-state index contributed by atoms with van der Waals surface area (Å²) < 4.78 is 1.41. The van der Waals surface area contributed by atoms with E-state index in [0.29, 0.717) is 6.04 Å². The standard InChI is InChI=1S/C17H26N6OS/c1-21(2)17-19-12-14(25-17)11-18-10-13-6-4-5-9-23(13)15-7-8-16(24)22(3)20-15/h7-8,12-13,18H,4-6,9-11H2,1-3H3. The summed E-state index contributed by atoms with van der Waals surface area (Å²) in [6, 6.07) is 3.84. The first-order valence-corrected chi connectivity index (χ1v) is 9.50. The number of nitrogens with zero attached hydrogens (tertiary/aromatic N) is 5. The normalized spacial score (nSPS) is 17.7. The predicted molar refractivity (Wildman–Crippen MR) is 103 cm³/mol. The van der Waals surface area contributed by atoms with Crippen molar-refractivity contribution in [1.82, 2.24) is 20.1 Å². The van der Waals surface area contributed by atoms with Crippen molar-refractivity contribution in [2.75, 3.05) is 37.0 Å². The number of thiazole rings is 1. The molecule has 1 unspecified atom stereocenters. The Labute approximate surface area is 152 Å². The number of rotatable bonds is 6. The minimum absolute atomic E-state index is 0.0719. The number of hydrogen-bond donors (Lipinski definition) is 1. The van der Waals surface area contributed by atoms with Crippen molar-refractivity contribution in [3.63, 3.8) is 0 Å². The molecule has 1 aliphatic heterocycles. The van der Waals surface area contributed by atoms with E-state index < -0.39 is 0 Å². The molecule has 136 valence electrons. The average Bonchev–Trinajstić information content (AvgIpc) is 3.07. The molecule has 2 aromatic rings. The third-order valence-corrected chi connectivity index (χ3v) is 5.64. The first-order chi connectivity index (χ1) is 12.0. The summed E-state index contributed by atoms with van der Waals surface area (Å²) in [6.07, 6.45) is 5.49. The van der Waals surface area contributed by atoms with E-state index in [9.17, 15) is 4.79 Å². The van der Waals surface area contributed by atoms with Gasteiger partial charge in [0.2, 0.25) is 0 Å². The second-order valence-corrected chi connectivity index (χ2v) is 7.72. The molecule has 2 aromatic heterocycles. The molecule has 1 aliphatic rings. The Morgan fingerprint density at radius 2 is 2.20 bits per heavy atom. The first kappa shape index (κ1) is 17.9. The summed E-state index contributed by atoms with van der Waals surface area (Å²) in [5.41, 5.74) is -0.0719. The molecule has 1 N–H and O–H groups in total. The van der Waals surface area contributed by atoms with Crippen LogP contribution in [0.2, 0.25) is 0 Å². The van der Waals surface area contributed by atoms with Crippen LogP contribution in [0.5, 0.6) is 0 Å². The van der Waals surface area contributed by atoms with Gasteiger partial charge < -0.3 is 15.1 Å². The van der Waals surface area contributed by atoms with Gasteiger partial charge in [0.05, 0.1) is 0 Å². The maximum Gasteiger partial charge on any atom is 0.266 e. The molecule has 25 heavy (non-hydrogen) atoms. The SMILES string of the molecule is CN(C)c1ncc(CNCC2CCCCN2c2ccc(=O)n(C)n2)s1. The second-order valence-electron chi connectivity index (χ2n) is 6.63. The van der Waals surface area contributed by atoms with Crippen LogP contribution < -0.4 is 20.7 Å². The van der Waals surface area contributed by atoms with Crippen LogP contribution in [0, 0.1) is 0 Å². The minimum atomic E-state index is -0.0719. The smallest absolute Gasteiger partial charge is 0.266 e. The monoisotopic (exact) mass is 362 g/mol. The number of piperidine rings is 1. The van der Waals surface area contributed by atoms with Gasteiger partial charge in [-0.25, -0.2) is 9.67 Å². The number of hydrogen-bond acceptors (Lipinski definition) is 7. The number of anilines is 2. The number of aryl methyl sites for hydroxylation is 1. The summed E-state index contributed by atoms with van der Waals surface area (Å²) in [5.74, 6) is 0.890. The van der Waals surface area contributed by atoms with E-state index in [-0.39, 0.29) is 5.56 Å². The van der Waals surface area contributed by atoms with Crippen LogP contribution >= 0.6 is 11.3 Å². The van der Waals surface area contributed by atoms with Crippen molar-refractivity contribution in [1.29, 1.82) is 0 Å². The Morgan fingerprint density at radius 3 is 2.92 bits per heavy atom. The zero-order chi connectivity index (χ0) is 17.8. The van der Waals surface area contributed by atoms with Crippen LogP contribution in [0.4, 0.5) is 10.9 Å². The Balaban J connectivity index is 1.60. The Bertz CT molecular complexity index is 756. The van der Waals surface area contributed by atoms with Gasteiger partial charge in [-0.15, -0.1) is 11.3 Å². The van der Waals surface area contributed by atoms with Gasteiger partial charge in [-0.3, -0.25) is 4.79 Å². The Hall–Kier alpha value is -1.93. The molecular formula is C17H26N6OS. The summed E-state index contributed by atoms with van der Waals surface area (Å²) in [6.45, 7) is 2.72. The van der Waals surface area contributed by atoms with Gasteiger partial charge in [-0.1, -0.05) is 0 Å². The molecule has 0 bridgehead atoms. The van der Waals surface area contributed by atoms with Gasteiger partial charge in [0, 0.05) is 64.0 Å². The third kappa shape index (κ3) is 4.38. The van der Waals surface area contributed by atoms with Crippen molar-refractivity contribution < 1.29 is 0 Å². The van der Waals surface area contributed by atoms with Gasteiger partial charge in [-0.05, 0) is 25.3 Å². The van der Waals surface area contributed by atoms with Gasteiger partial charge in [0.1, 0.15) is 5.82 Å². The molecule has 1 fully saturated rings. The molecule has 1 atom stereocenters. The summed E-state index contributed by atoms with van der Waals surface area (Å²) >= 11 is 1.72. The Kier molecular flexibility index (Phi) is 5.70. The van der Waals surface area contributed by atoms with E-state index >= 15 is 0 Å². The molecule has 0 spiro atoms. The molecule has 3 rings (SSSR count). The average molecular weight is 363 g/mol. The fourth-order valence-electron chi connectivity index (χ4n) is 3.11. The quantitative estimate of drug-likeness (QED) is 0.839. The molecular weight excluding hydrogens is 336 g/mol. The molecule has 1 saturated heterocycles.